The van der Waals surface area contributed by atoms with Crippen LogP contribution >= 0.6 is 22.6 Å². The highest BCUT2D eigenvalue weighted by Crippen LogP contribution is 2.30. The highest BCUT2D eigenvalue weighted by molar-refractivity contribution is 14.1. The molecule has 0 saturated heterocycles. The summed E-state index contributed by atoms with van der Waals surface area (Å²) in [6, 6.07) is 12.6. The molecule has 1 atom stereocenters. The topological polar surface area (TPSA) is 21.3 Å². The van der Waals surface area contributed by atoms with Crippen molar-refractivity contribution in [1.29, 1.82) is 0 Å². The van der Waals surface area contributed by atoms with Crippen molar-refractivity contribution in [2.24, 2.45) is 0 Å². The monoisotopic (exact) mass is 371 g/mol. The molecular weight excluding hydrogens is 356 g/mol. The van der Waals surface area contributed by atoms with Gasteiger partial charge in [-0.2, -0.15) is 0 Å². The number of ether oxygens (including phenoxy) is 1. The van der Waals surface area contributed by atoms with Crippen molar-refractivity contribution in [2.45, 2.75) is 6.04 Å². The predicted molar refractivity (Wildman–Crippen MR) is 83.0 cm³/mol. The molecule has 0 aliphatic rings. The van der Waals surface area contributed by atoms with Crippen molar-refractivity contribution in [3.8, 4) is 5.75 Å². The molecular formula is C15H15FINO. The van der Waals surface area contributed by atoms with Crippen LogP contribution in [0.5, 0.6) is 5.75 Å². The minimum absolute atomic E-state index is 0.0948. The molecule has 2 nitrogen and oxygen atoms in total. The largest absolute Gasteiger partial charge is 0.496 e. The fraction of sp³-hybridized carbons (Fsp3) is 0.200. The molecule has 2 aromatic carbocycles. The molecule has 0 radical (unpaired) electrons. The molecule has 0 spiro atoms. The maximum Gasteiger partial charge on any atom is 0.124 e. The van der Waals surface area contributed by atoms with Gasteiger partial charge in [0.05, 0.1) is 13.2 Å². The van der Waals surface area contributed by atoms with Gasteiger partial charge in [-0.3, -0.25) is 0 Å². The zero-order chi connectivity index (χ0) is 13.8. The minimum atomic E-state index is -0.262. The van der Waals surface area contributed by atoms with Crippen LogP contribution in [-0.2, 0) is 0 Å². The Morgan fingerprint density at radius 1 is 1.16 bits per heavy atom. The molecule has 1 unspecified atom stereocenters. The van der Waals surface area contributed by atoms with Crippen LogP contribution < -0.4 is 10.1 Å². The quantitative estimate of drug-likeness (QED) is 0.827. The Morgan fingerprint density at radius 3 is 2.42 bits per heavy atom. The van der Waals surface area contributed by atoms with Gasteiger partial charge < -0.3 is 10.1 Å². The van der Waals surface area contributed by atoms with E-state index in [-0.39, 0.29) is 11.9 Å². The lowest BCUT2D eigenvalue weighted by Crippen LogP contribution is -2.18. The predicted octanol–water partition coefficient (Wildman–Crippen LogP) is 3.75. The van der Waals surface area contributed by atoms with Crippen LogP contribution in [0.1, 0.15) is 17.2 Å². The van der Waals surface area contributed by atoms with E-state index < -0.39 is 0 Å². The van der Waals surface area contributed by atoms with Crippen LogP contribution in [0.15, 0.2) is 42.5 Å². The van der Waals surface area contributed by atoms with E-state index in [2.05, 4.69) is 27.9 Å². The van der Waals surface area contributed by atoms with Crippen LogP contribution in [0.25, 0.3) is 0 Å². The summed E-state index contributed by atoms with van der Waals surface area (Å²) in [5.74, 6) is 0.417. The van der Waals surface area contributed by atoms with E-state index in [9.17, 15) is 4.39 Å². The van der Waals surface area contributed by atoms with Gasteiger partial charge in [0.2, 0.25) is 0 Å². The number of benzene rings is 2. The first-order valence-corrected chi connectivity index (χ1v) is 6.99. The number of rotatable bonds is 4. The van der Waals surface area contributed by atoms with Crippen LogP contribution in [0.4, 0.5) is 4.39 Å². The van der Waals surface area contributed by atoms with Crippen LogP contribution in [0.2, 0.25) is 0 Å². The summed E-state index contributed by atoms with van der Waals surface area (Å²) in [4.78, 5) is 0. The van der Waals surface area contributed by atoms with Crippen molar-refractivity contribution in [3.63, 3.8) is 0 Å². The lowest BCUT2D eigenvalue weighted by atomic mass is 9.98. The maximum absolute atomic E-state index is 13.5. The summed E-state index contributed by atoms with van der Waals surface area (Å²) in [6.45, 7) is 0. The Morgan fingerprint density at radius 2 is 1.84 bits per heavy atom. The second-order valence-corrected chi connectivity index (χ2v) is 5.41. The fourth-order valence-corrected chi connectivity index (χ4v) is 2.45. The number of hydrogen-bond donors (Lipinski definition) is 1. The third kappa shape index (κ3) is 3.25. The van der Waals surface area contributed by atoms with Gasteiger partial charge in [0.1, 0.15) is 11.6 Å². The summed E-state index contributed by atoms with van der Waals surface area (Å²) in [7, 11) is 3.45. The van der Waals surface area contributed by atoms with Crippen molar-refractivity contribution in [3.05, 3.63) is 63.0 Å². The molecule has 1 N–H and O–H groups in total. The van der Waals surface area contributed by atoms with Crippen molar-refractivity contribution in [1.82, 2.24) is 5.32 Å². The zero-order valence-corrected chi connectivity index (χ0v) is 12.9. The van der Waals surface area contributed by atoms with E-state index in [1.165, 1.54) is 15.7 Å². The Labute approximate surface area is 126 Å². The summed E-state index contributed by atoms with van der Waals surface area (Å²) in [6.07, 6.45) is 0. The third-order valence-electron chi connectivity index (χ3n) is 2.99. The third-order valence-corrected chi connectivity index (χ3v) is 3.71. The second kappa shape index (κ2) is 6.34. The summed E-state index contributed by atoms with van der Waals surface area (Å²) < 4.78 is 20.0. The minimum Gasteiger partial charge on any atom is -0.496 e. The van der Waals surface area contributed by atoms with Gasteiger partial charge in [-0.15, -0.1) is 0 Å². The Hall–Kier alpha value is -1.14. The van der Waals surface area contributed by atoms with Gasteiger partial charge in [-0.1, -0.05) is 12.1 Å². The number of nitrogens with one attached hydrogen (secondary N) is 1. The van der Waals surface area contributed by atoms with Crippen LogP contribution in [0.3, 0.4) is 0 Å². The van der Waals surface area contributed by atoms with Gasteiger partial charge in [-0.05, 0) is 65.5 Å². The summed E-state index contributed by atoms with van der Waals surface area (Å²) in [5, 5.41) is 3.21. The van der Waals surface area contributed by atoms with Gasteiger partial charge >= 0.3 is 0 Å². The summed E-state index contributed by atoms with van der Waals surface area (Å²) >= 11 is 2.26. The molecule has 0 fully saturated rings. The molecule has 0 aromatic heterocycles. The van der Waals surface area contributed by atoms with Crippen LogP contribution in [0, 0.1) is 9.39 Å². The van der Waals surface area contributed by atoms with Gasteiger partial charge in [0.15, 0.2) is 0 Å². The molecule has 0 aliphatic heterocycles. The van der Waals surface area contributed by atoms with Gasteiger partial charge in [0, 0.05) is 9.13 Å². The maximum atomic E-state index is 13.5. The highest BCUT2D eigenvalue weighted by atomic mass is 127. The fourth-order valence-electron chi connectivity index (χ4n) is 2.09. The Kier molecular flexibility index (Phi) is 4.76. The molecule has 19 heavy (non-hydrogen) atoms. The number of methoxy groups -OCH3 is 1. The Bertz CT molecular complexity index is 557. The molecule has 0 bridgehead atoms. The summed E-state index contributed by atoms with van der Waals surface area (Å²) in [5.41, 5.74) is 1.87. The van der Waals surface area contributed by atoms with Gasteiger partial charge in [0.25, 0.3) is 0 Å². The normalized spacial score (nSPS) is 12.2. The second-order valence-electron chi connectivity index (χ2n) is 4.16. The first-order chi connectivity index (χ1) is 9.15. The number of halogens is 2. The molecule has 100 valence electrons. The highest BCUT2D eigenvalue weighted by Gasteiger charge is 2.17. The first-order valence-electron chi connectivity index (χ1n) is 5.92. The van der Waals surface area contributed by atoms with Crippen molar-refractivity contribution >= 4 is 22.6 Å². The first kappa shape index (κ1) is 14.3. The molecule has 2 rings (SSSR count). The average Bonchev–Trinajstić information content (AvgIpc) is 2.42. The molecule has 0 aliphatic carbocycles. The van der Waals surface area contributed by atoms with E-state index in [4.69, 9.17) is 4.74 Å². The van der Waals surface area contributed by atoms with E-state index >= 15 is 0 Å². The SMILES string of the molecule is CNC(c1ccc(I)cc1)c1cc(F)ccc1OC. The van der Waals surface area contributed by atoms with E-state index in [0.29, 0.717) is 5.75 Å². The van der Waals surface area contributed by atoms with Gasteiger partial charge in [-0.25, -0.2) is 4.39 Å². The lowest BCUT2D eigenvalue weighted by Gasteiger charge is -2.20. The molecule has 4 heteroatoms. The average molecular weight is 371 g/mol. The molecule has 0 heterocycles. The molecule has 2 aromatic rings. The van der Waals surface area contributed by atoms with Crippen molar-refractivity contribution < 1.29 is 9.13 Å². The van der Waals surface area contributed by atoms with E-state index in [1.54, 1.807) is 13.2 Å². The van der Waals surface area contributed by atoms with E-state index in [0.717, 1.165) is 11.1 Å². The van der Waals surface area contributed by atoms with Crippen molar-refractivity contribution in [2.75, 3.05) is 14.2 Å². The lowest BCUT2D eigenvalue weighted by molar-refractivity contribution is 0.404. The molecule has 0 saturated carbocycles. The number of hydrogen-bond acceptors (Lipinski definition) is 2. The molecule has 0 amide bonds. The van der Waals surface area contributed by atoms with Crippen LogP contribution in [-0.4, -0.2) is 14.2 Å². The van der Waals surface area contributed by atoms with E-state index in [1.807, 2.05) is 31.3 Å². The Balaban J connectivity index is 2.47. The standard InChI is InChI=1S/C15H15FINO/c1-18-15(10-3-6-12(17)7-4-10)13-9-11(16)5-8-14(13)19-2/h3-9,15,18H,1-2H3. The smallest absolute Gasteiger partial charge is 0.124 e. The zero-order valence-electron chi connectivity index (χ0n) is 10.8.